The lowest BCUT2D eigenvalue weighted by Gasteiger charge is -2.35. The highest BCUT2D eigenvalue weighted by Gasteiger charge is 2.49. The molecule has 0 saturated carbocycles. The smallest absolute Gasteiger partial charge is 0.310 e. The van der Waals surface area contributed by atoms with Gasteiger partial charge in [0.15, 0.2) is 5.12 Å². The summed E-state index contributed by atoms with van der Waals surface area (Å²) in [5, 5.41) is 10.7. The van der Waals surface area contributed by atoms with E-state index in [1.807, 2.05) is 0 Å². The topological polar surface area (TPSA) is 67.3 Å². The van der Waals surface area contributed by atoms with Crippen LogP contribution in [0.15, 0.2) is 18.2 Å². The van der Waals surface area contributed by atoms with Crippen LogP contribution in [-0.2, 0) is 16.0 Å². The number of thiol groups is 1. The number of aromatic nitrogens is 1. The quantitative estimate of drug-likeness (QED) is 0.173. The van der Waals surface area contributed by atoms with Gasteiger partial charge in [-0.05, 0) is 43.4 Å². The molecule has 1 heterocycles. The van der Waals surface area contributed by atoms with Gasteiger partial charge in [-0.2, -0.15) is 0 Å². The van der Waals surface area contributed by atoms with Gasteiger partial charge in [-0.3, -0.25) is 9.59 Å². The third-order valence-corrected chi connectivity index (χ3v) is 8.07. The zero-order chi connectivity index (χ0) is 24.3. The molecular formula is C27H41NO3S2. The Kier molecular flexibility index (Phi) is 11.9. The monoisotopic (exact) mass is 491 g/mol. The number of aliphatic carboxylic acids is 1. The van der Waals surface area contributed by atoms with Gasteiger partial charge in [-0.25, -0.2) is 4.98 Å². The summed E-state index contributed by atoms with van der Waals surface area (Å²) >= 11 is 5.67. The minimum atomic E-state index is -1.15. The number of thiazole rings is 1. The van der Waals surface area contributed by atoms with E-state index in [9.17, 15) is 14.7 Å². The van der Waals surface area contributed by atoms with Crippen molar-refractivity contribution in [2.75, 3.05) is 0 Å². The van der Waals surface area contributed by atoms with Crippen molar-refractivity contribution < 1.29 is 14.7 Å². The number of carboxylic acids is 1. The molecule has 0 aliphatic carbocycles. The Morgan fingerprint density at radius 3 is 2.12 bits per heavy atom. The molecule has 0 bridgehead atoms. The van der Waals surface area contributed by atoms with Gasteiger partial charge in [0.2, 0.25) is 0 Å². The van der Waals surface area contributed by atoms with E-state index >= 15 is 0 Å². The number of hydrogen-bond acceptors (Lipinski definition) is 4. The maximum atomic E-state index is 12.9. The number of fused-ring (bicyclic) bond motifs is 1. The van der Waals surface area contributed by atoms with Crippen LogP contribution in [0, 0.1) is 5.41 Å². The number of unbranched alkanes of at least 4 members (excludes halogenated alkanes) is 7. The minimum absolute atomic E-state index is 0.385. The van der Waals surface area contributed by atoms with Crippen molar-refractivity contribution in [1.82, 2.24) is 4.98 Å². The molecule has 4 nitrogen and oxygen atoms in total. The maximum Gasteiger partial charge on any atom is 0.310 e. The number of nitrogens with zero attached hydrogens (tertiary/aromatic N) is 1. The average Bonchev–Trinajstić information content (AvgIpc) is 3.19. The summed E-state index contributed by atoms with van der Waals surface area (Å²) in [5.41, 5.74) is 0.962. The van der Waals surface area contributed by atoms with Crippen LogP contribution in [0.1, 0.15) is 114 Å². The predicted octanol–water partition coefficient (Wildman–Crippen LogP) is 8.19. The van der Waals surface area contributed by atoms with E-state index < -0.39 is 17.3 Å². The molecule has 184 valence electrons. The van der Waals surface area contributed by atoms with Crippen molar-refractivity contribution in [3.63, 3.8) is 0 Å². The SMILES string of the molecule is CCCCCCc1ccc2sc(C(C(=O)S)C(CCCCC)(CCCCC)C(=O)O)nc2c1. The number of aryl methyl sites for hydroxylation is 1. The molecule has 0 fully saturated rings. The number of carbonyl (C=O) groups excluding carboxylic acids is 1. The molecule has 1 aromatic carbocycles. The van der Waals surface area contributed by atoms with Crippen molar-refractivity contribution in [1.29, 1.82) is 0 Å². The van der Waals surface area contributed by atoms with Crippen molar-refractivity contribution in [3.05, 3.63) is 28.8 Å². The van der Waals surface area contributed by atoms with Gasteiger partial charge < -0.3 is 5.11 Å². The lowest BCUT2D eigenvalue weighted by atomic mass is 9.69. The fourth-order valence-corrected chi connectivity index (χ4v) is 6.36. The van der Waals surface area contributed by atoms with Gasteiger partial charge in [0.1, 0.15) is 5.01 Å². The Labute approximate surface area is 209 Å². The molecule has 0 aliphatic rings. The van der Waals surface area contributed by atoms with Gasteiger partial charge in [0.25, 0.3) is 0 Å². The second-order valence-electron chi connectivity index (χ2n) is 9.31. The van der Waals surface area contributed by atoms with Crippen LogP contribution in [0.5, 0.6) is 0 Å². The van der Waals surface area contributed by atoms with Gasteiger partial charge in [0.05, 0.1) is 21.5 Å². The van der Waals surface area contributed by atoms with E-state index in [-0.39, 0.29) is 5.12 Å². The summed E-state index contributed by atoms with van der Waals surface area (Å²) in [4.78, 5) is 30.5. The fraction of sp³-hybridized carbons (Fsp3) is 0.667. The molecule has 0 aliphatic heterocycles. The number of carboxylic acid groups (broad SMARTS) is 1. The van der Waals surface area contributed by atoms with Crippen LogP contribution in [0.25, 0.3) is 10.2 Å². The Balaban J connectivity index is 2.41. The van der Waals surface area contributed by atoms with E-state index in [0.29, 0.717) is 17.8 Å². The molecule has 0 amide bonds. The van der Waals surface area contributed by atoms with Gasteiger partial charge in [-0.1, -0.05) is 84.6 Å². The summed E-state index contributed by atoms with van der Waals surface area (Å²) < 4.78 is 1.00. The Hall–Kier alpha value is -1.40. The molecule has 1 unspecified atom stereocenters. The largest absolute Gasteiger partial charge is 0.481 e. The molecular weight excluding hydrogens is 450 g/mol. The molecule has 33 heavy (non-hydrogen) atoms. The maximum absolute atomic E-state index is 12.9. The van der Waals surface area contributed by atoms with Crippen molar-refractivity contribution in [2.24, 2.45) is 5.41 Å². The van der Waals surface area contributed by atoms with Gasteiger partial charge in [0, 0.05) is 0 Å². The summed E-state index contributed by atoms with van der Waals surface area (Å²) in [6, 6.07) is 6.32. The van der Waals surface area contributed by atoms with Crippen molar-refractivity contribution in [3.8, 4) is 0 Å². The first-order valence-electron chi connectivity index (χ1n) is 12.7. The predicted molar refractivity (Wildman–Crippen MR) is 143 cm³/mol. The Bertz CT molecular complexity index is 883. The standard InChI is InChI=1S/C27H41NO3S2/c1-4-7-10-11-14-20-15-16-22-21(19-20)28-24(33-22)23(25(29)32)27(26(30)31,17-12-8-5-2)18-13-9-6-3/h15-16,19,23H,4-14,17-18H2,1-3H3,(H,29,32)(H,30,31). The highest BCUT2D eigenvalue weighted by Crippen LogP contribution is 2.48. The first kappa shape index (κ1) is 27.8. The fourth-order valence-electron chi connectivity index (χ4n) is 4.74. The lowest BCUT2D eigenvalue weighted by Crippen LogP contribution is -2.40. The highest BCUT2D eigenvalue weighted by atomic mass is 32.1. The molecule has 0 saturated heterocycles. The first-order chi connectivity index (χ1) is 15.9. The minimum Gasteiger partial charge on any atom is -0.481 e. The van der Waals surface area contributed by atoms with Crippen LogP contribution in [0.3, 0.4) is 0 Å². The van der Waals surface area contributed by atoms with Crippen LogP contribution in [0.4, 0.5) is 0 Å². The summed E-state index contributed by atoms with van der Waals surface area (Å²) in [6.45, 7) is 6.42. The molecule has 6 heteroatoms. The second-order valence-corrected chi connectivity index (χ2v) is 10.8. The van der Waals surface area contributed by atoms with Crippen LogP contribution in [0.2, 0.25) is 0 Å². The molecule has 2 aromatic rings. The lowest BCUT2D eigenvalue weighted by molar-refractivity contribution is -0.153. The van der Waals surface area contributed by atoms with E-state index in [1.165, 1.54) is 36.2 Å². The zero-order valence-electron chi connectivity index (χ0n) is 20.6. The van der Waals surface area contributed by atoms with Gasteiger partial charge in [-0.15, -0.1) is 24.0 Å². The molecule has 1 aromatic heterocycles. The van der Waals surface area contributed by atoms with Crippen molar-refractivity contribution >= 4 is 45.3 Å². The average molecular weight is 492 g/mol. The Morgan fingerprint density at radius 2 is 1.58 bits per heavy atom. The number of benzene rings is 1. The molecule has 1 N–H and O–H groups in total. The zero-order valence-corrected chi connectivity index (χ0v) is 22.3. The van der Waals surface area contributed by atoms with Crippen LogP contribution < -0.4 is 0 Å². The highest BCUT2D eigenvalue weighted by molar-refractivity contribution is 7.96. The summed E-state index contributed by atoms with van der Waals surface area (Å²) in [6.07, 6.45) is 12.3. The van der Waals surface area contributed by atoms with E-state index in [0.717, 1.165) is 61.6 Å². The number of hydrogen-bond donors (Lipinski definition) is 2. The van der Waals surface area contributed by atoms with Crippen LogP contribution >= 0.6 is 24.0 Å². The molecule has 0 radical (unpaired) electrons. The summed E-state index contributed by atoms with van der Waals surface area (Å²) in [5.74, 6) is -1.71. The third-order valence-electron chi connectivity index (χ3n) is 6.71. The first-order valence-corrected chi connectivity index (χ1v) is 14.0. The van der Waals surface area contributed by atoms with Gasteiger partial charge >= 0.3 is 5.97 Å². The number of rotatable bonds is 17. The van der Waals surface area contributed by atoms with E-state index in [1.54, 1.807) is 0 Å². The van der Waals surface area contributed by atoms with E-state index in [2.05, 4.69) is 51.6 Å². The van der Waals surface area contributed by atoms with Crippen molar-refractivity contribution in [2.45, 2.75) is 110 Å². The number of carbonyl (C=O) groups is 2. The molecule has 1 atom stereocenters. The molecule has 2 rings (SSSR count). The Morgan fingerprint density at radius 1 is 0.970 bits per heavy atom. The molecule has 0 spiro atoms. The third kappa shape index (κ3) is 7.54. The van der Waals surface area contributed by atoms with E-state index in [4.69, 9.17) is 4.98 Å². The van der Waals surface area contributed by atoms with Crippen LogP contribution in [-0.4, -0.2) is 21.2 Å². The second kappa shape index (κ2) is 14.1. The summed E-state index contributed by atoms with van der Waals surface area (Å²) in [7, 11) is 0. The normalized spacial score (nSPS) is 12.8.